The van der Waals surface area contributed by atoms with Crippen molar-refractivity contribution in [2.75, 3.05) is 9.80 Å². The van der Waals surface area contributed by atoms with E-state index in [0.29, 0.717) is 67.5 Å². The molecular formula is C94H83BN4. The number of nitrogens with zero attached hydrogens (tertiary/aromatic N) is 4. The van der Waals surface area contributed by atoms with Crippen LogP contribution < -0.4 is 26.2 Å². The van der Waals surface area contributed by atoms with Crippen LogP contribution in [0.2, 0.25) is 0 Å². The van der Waals surface area contributed by atoms with Gasteiger partial charge in [0.15, 0.2) is 0 Å². The molecule has 0 spiro atoms. The summed E-state index contributed by atoms with van der Waals surface area (Å²) in [5.74, 6) is 0. The lowest BCUT2D eigenvalue weighted by Crippen LogP contribution is -2.61. The largest absolute Gasteiger partial charge is 0.311 e. The van der Waals surface area contributed by atoms with Gasteiger partial charge in [0.2, 0.25) is 0 Å². The van der Waals surface area contributed by atoms with E-state index in [2.05, 4.69) is 187 Å². The highest BCUT2D eigenvalue weighted by atomic mass is 15.2. The lowest BCUT2D eigenvalue weighted by molar-refractivity contribution is 0.568. The summed E-state index contributed by atoms with van der Waals surface area (Å²) in [5, 5.41) is 3.73. The van der Waals surface area contributed by atoms with Crippen molar-refractivity contribution in [2.45, 2.75) is 105 Å². The van der Waals surface area contributed by atoms with Crippen LogP contribution in [0.4, 0.5) is 34.1 Å². The number of rotatable bonds is 8. The number of fused-ring (bicyclic) bond motifs is 10. The van der Waals surface area contributed by atoms with Gasteiger partial charge in [-0.2, -0.15) is 0 Å². The van der Waals surface area contributed by atoms with Gasteiger partial charge in [-0.3, -0.25) is 0 Å². The summed E-state index contributed by atoms with van der Waals surface area (Å²) in [5.41, 5.74) is 15.6. The van der Waals surface area contributed by atoms with E-state index < -0.39 is 64.6 Å². The smallest absolute Gasteiger partial charge is 0.252 e. The zero-order valence-corrected chi connectivity index (χ0v) is 57.9. The molecule has 0 fully saturated rings. The maximum absolute atomic E-state index is 10.2. The molecule has 4 heterocycles. The van der Waals surface area contributed by atoms with Crippen LogP contribution in [0.15, 0.2) is 285 Å². The lowest BCUT2D eigenvalue weighted by Gasteiger charge is -2.45. The summed E-state index contributed by atoms with van der Waals surface area (Å²) in [6.07, 6.45) is 0. The second-order valence-electron chi connectivity index (χ2n) is 30.6. The highest BCUT2D eigenvalue weighted by molar-refractivity contribution is 7.00. The van der Waals surface area contributed by atoms with Crippen LogP contribution in [0.3, 0.4) is 0 Å². The second kappa shape index (κ2) is 22.9. The summed E-state index contributed by atoms with van der Waals surface area (Å²) in [6.45, 7) is 24.7. The van der Waals surface area contributed by atoms with E-state index in [1.807, 2.05) is 91.0 Å². The molecule has 2 aromatic heterocycles. The van der Waals surface area contributed by atoms with Gasteiger partial charge in [0.05, 0.1) is 52.6 Å². The SMILES string of the molecule is [2H]c1c([2H])c([2H])c(-c2ccccc2N2c3cc(-n4c5ccccc5c5cccc(-c6c([2H])c(C(C)(C)C)cc(C(C)(C)C)c6[2H])c54)ccc3B3c4ccc(-n5c6ccccc6c6cccc(-c7c([2H])c(C(C)(C)C)cc(C(C)(C)C)c7[2H])c65)cc4N(c4ccccc4-c4c([2H])c([2H])c([2H])c([2H])c4[2H])c4cccc2c43)c([2H])c1[2H]. The first kappa shape index (κ1) is 47.9. The molecule has 0 saturated heterocycles. The molecule has 0 bridgehead atoms. The Morgan fingerprint density at radius 2 is 0.626 bits per heavy atom. The monoisotopic (exact) mass is 1290 g/mol. The lowest BCUT2D eigenvalue weighted by atomic mass is 9.33. The molecule has 0 aliphatic carbocycles. The molecule has 0 N–H and O–H groups in total. The first-order chi connectivity index (χ1) is 53.5. The van der Waals surface area contributed by atoms with Gasteiger partial charge in [0.1, 0.15) is 0 Å². The third kappa shape index (κ3) is 10.2. The van der Waals surface area contributed by atoms with Crippen LogP contribution >= 0.6 is 0 Å². The molecule has 0 saturated carbocycles. The maximum Gasteiger partial charge on any atom is 0.252 e. The number of anilines is 6. The van der Waals surface area contributed by atoms with E-state index in [1.54, 1.807) is 24.3 Å². The topological polar surface area (TPSA) is 16.3 Å². The minimum absolute atomic E-state index is 0.00231. The predicted molar refractivity (Wildman–Crippen MR) is 426 cm³/mol. The number of para-hydroxylation sites is 6. The van der Waals surface area contributed by atoms with E-state index in [-0.39, 0.29) is 59.5 Å². The highest BCUT2D eigenvalue weighted by Gasteiger charge is 2.45. The first-order valence-electron chi connectivity index (χ1n) is 41.2. The number of aromatic nitrogens is 2. The Bertz CT molecular complexity index is 6120. The molecule has 17 rings (SSSR count). The van der Waals surface area contributed by atoms with Crippen molar-refractivity contribution in [1.29, 1.82) is 0 Å². The van der Waals surface area contributed by atoms with Crippen molar-refractivity contribution >= 4 is 101 Å². The molecular weight excluding hydrogens is 1200 g/mol. The molecule has 15 aromatic rings. The van der Waals surface area contributed by atoms with E-state index >= 15 is 0 Å². The van der Waals surface area contributed by atoms with Crippen LogP contribution in [-0.2, 0) is 21.7 Å². The van der Waals surface area contributed by atoms with Crippen molar-refractivity contribution in [3.05, 3.63) is 307 Å². The van der Waals surface area contributed by atoms with Crippen molar-refractivity contribution < 1.29 is 19.2 Å². The normalized spacial score (nSPS) is 15.2. The number of benzene rings is 13. The van der Waals surface area contributed by atoms with Gasteiger partial charge < -0.3 is 18.9 Å². The Labute approximate surface area is 603 Å². The minimum Gasteiger partial charge on any atom is -0.311 e. The molecule has 2 aliphatic heterocycles. The molecule has 99 heavy (non-hydrogen) atoms. The third-order valence-corrected chi connectivity index (χ3v) is 20.1. The molecule has 2 aliphatic rings. The van der Waals surface area contributed by atoms with Crippen LogP contribution in [0, 0.1) is 0 Å². The van der Waals surface area contributed by atoms with Gasteiger partial charge >= 0.3 is 0 Å². The van der Waals surface area contributed by atoms with Crippen LogP contribution in [0.25, 0.3) is 99.5 Å². The van der Waals surface area contributed by atoms with Gasteiger partial charge in [-0.15, -0.1) is 0 Å². The number of hydrogen-bond acceptors (Lipinski definition) is 2. The fourth-order valence-corrected chi connectivity index (χ4v) is 15.1. The van der Waals surface area contributed by atoms with Crippen LogP contribution in [0.1, 0.15) is 125 Å². The zero-order valence-electron chi connectivity index (χ0n) is 71.9. The first-order valence-corrected chi connectivity index (χ1v) is 34.2. The van der Waals surface area contributed by atoms with Crippen molar-refractivity contribution in [3.63, 3.8) is 0 Å². The van der Waals surface area contributed by atoms with Gasteiger partial charge in [-0.05, 0) is 143 Å². The van der Waals surface area contributed by atoms with Crippen LogP contribution in [-0.4, -0.2) is 15.8 Å². The quantitative estimate of drug-likeness (QED) is 0.141. The molecule has 5 heteroatoms. The fourth-order valence-electron chi connectivity index (χ4n) is 15.1. The third-order valence-electron chi connectivity index (χ3n) is 20.1. The van der Waals surface area contributed by atoms with E-state index in [0.717, 1.165) is 93.6 Å². The van der Waals surface area contributed by atoms with Gasteiger partial charge in [0, 0.05) is 77.9 Å². The van der Waals surface area contributed by atoms with Crippen LogP contribution in [0.5, 0.6) is 0 Å². The molecule has 482 valence electrons. The predicted octanol–water partition coefficient (Wildman–Crippen LogP) is 23.8. The summed E-state index contributed by atoms with van der Waals surface area (Å²) < 4.78 is 138. The Kier molecular flexibility index (Phi) is 11.1. The molecule has 0 radical (unpaired) electrons. The maximum atomic E-state index is 10.2. The Morgan fingerprint density at radius 3 is 1.02 bits per heavy atom. The van der Waals surface area contributed by atoms with Gasteiger partial charge in [0.25, 0.3) is 6.71 Å². The molecule has 4 nitrogen and oxygen atoms in total. The molecule has 0 atom stereocenters. The van der Waals surface area contributed by atoms with Gasteiger partial charge in [-0.1, -0.05) is 307 Å². The van der Waals surface area contributed by atoms with E-state index in [1.165, 1.54) is 0 Å². The van der Waals surface area contributed by atoms with E-state index in [4.69, 9.17) is 8.22 Å². The highest BCUT2D eigenvalue weighted by Crippen LogP contribution is 2.51. The van der Waals surface area contributed by atoms with Crippen molar-refractivity contribution in [1.82, 2.24) is 9.13 Å². The summed E-state index contributed by atoms with van der Waals surface area (Å²) in [6, 6.07) is 63.2. The molecule has 0 unspecified atom stereocenters. The second-order valence-corrected chi connectivity index (χ2v) is 30.6. The summed E-state index contributed by atoms with van der Waals surface area (Å²) in [7, 11) is 0. The molecule has 0 amide bonds. The summed E-state index contributed by atoms with van der Waals surface area (Å²) in [4.78, 5) is 4.26. The Balaban J connectivity index is 1.00. The Hall–Kier alpha value is -10.9. The fraction of sp³-hybridized carbons (Fsp3) is 0.170. The minimum atomic E-state index is -0.620. The Morgan fingerprint density at radius 1 is 0.293 bits per heavy atom. The zero-order chi connectivity index (χ0) is 80.2. The average molecular weight is 1290 g/mol. The average Bonchev–Trinajstić information content (AvgIpc) is 1.40. The van der Waals surface area contributed by atoms with E-state index in [9.17, 15) is 11.0 Å². The standard InChI is InChI=1S/C94H83BN4/c1-91(2,3)64-52-62(53-65(56-64)92(4,5)6)72-38-27-40-76-74-36-21-25-44-82(74)96(89(72)76)68-48-50-78-86(58-68)98(80-42-23-19-34-70(80)60-30-15-13-16-31-60)84-46-29-47-85-88(84)95(78)79-51-49-69(59-87(79)99(85)81-43-24-20-35-71(81)61-32-17-14-18-33-61)97-83-45-26-22-37-75(83)77-41-28-39-73(90(77)97)63-54-66(93(7,8)9)57-67(55-63)94(10,11)12/h13-59H,1-12H3/i13D,14D,15D,16D,17D,18D,30D,31D,32D,33D,52D,53D,54D,55D. The summed E-state index contributed by atoms with van der Waals surface area (Å²) >= 11 is 0. The number of hydrogen-bond donors (Lipinski definition) is 0. The van der Waals surface area contributed by atoms with Gasteiger partial charge in [-0.25, -0.2) is 0 Å². The van der Waals surface area contributed by atoms with Crippen molar-refractivity contribution in [2.24, 2.45) is 0 Å². The molecule has 13 aromatic carbocycles. The van der Waals surface area contributed by atoms with Crippen molar-refractivity contribution in [3.8, 4) is 55.9 Å².